The number of aryl methyl sites for hydroxylation is 1. The molecule has 0 saturated carbocycles. The van der Waals surface area contributed by atoms with E-state index in [1.807, 2.05) is 19.1 Å². The Hall–Kier alpha value is -3.49. The van der Waals surface area contributed by atoms with Crippen LogP contribution in [-0.2, 0) is 25.6 Å². The number of guanidine groups is 1. The van der Waals surface area contributed by atoms with Crippen LogP contribution in [0.2, 0.25) is 0 Å². The molecule has 0 spiro atoms. The first-order valence-electron chi connectivity index (χ1n) is 11.7. The topological polar surface area (TPSA) is 224 Å². The van der Waals surface area contributed by atoms with Crippen LogP contribution in [0.25, 0.3) is 0 Å². The predicted octanol–water partition coefficient (Wildman–Crippen LogP) is -1.61. The summed E-state index contributed by atoms with van der Waals surface area (Å²) in [4.78, 5) is 52.6. The quantitative estimate of drug-likeness (QED) is 0.0822. The van der Waals surface area contributed by atoms with Crippen LogP contribution in [0.4, 0.5) is 0 Å². The van der Waals surface area contributed by atoms with Gasteiger partial charge in [0.05, 0.1) is 6.10 Å². The lowest BCUT2D eigenvalue weighted by atomic mass is 10.0. The molecule has 0 radical (unpaired) electrons. The molecule has 0 saturated heterocycles. The molecule has 0 bridgehead atoms. The molecule has 37 heavy (non-hydrogen) atoms. The first kappa shape index (κ1) is 29.7. The maximum Gasteiger partial charge on any atom is 0.326 e. The fraction of sp³-hybridized carbons (Fsp3) is 0.522. The van der Waals surface area contributed by atoms with E-state index < -0.39 is 47.9 Å². The Morgan fingerprint density at radius 1 is 1.16 bits per heavy atom. The summed E-state index contributed by atoms with van der Waals surface area (Å²) in [5.74, 6) is -3.13. The number of carbonyl (C=O) groups excluding carboxylic acids is 3. The number of carboxylic acids is 1. The van der Waals surface area contributed by atoms with E-state index in [1.54, 1.807) is 11.0 Å². The van der Waals surface area contributed by atoms with E-state index in [0.717, 1.165) is 15.3 Å². The van der Waals surface area contributed by atoms with Crippen LogP contribution < -0.4 is 27.4 Å². The molecule has 2 rings (SSSR count). The Morgan fingerprint density at radius 2 is 1.86 bits per heavy atom. The Labute approximate surface area is 218 Å². The number of hydrogen-bond donors (Lipinski definition) is 8. The highest BCUT2D eigenvalue weighted by atomic mass is 32.1. The first-order valence-corrected chi connectivity index (χ1v) is 12.5. The lowest BCUT2D eigenvalue weighted by molar-refractivity contribution is -0.141. The third kappa shape index (κ3) is 9.48. The number of thiophene rings is 1. The van der Waals surface area contributed by atoms with Crippen LogP contribution in [-0.4, -0.2) is 88.6 Å². The van der Waals surface area contributed by atoms with Crippen molar-refractivity contribution in [3.05, 3.63) is 33.5 Å². The number of nitrogens with zero attached hydrogens (tertiary/aromatic N) is 1. The van der Waals surface area contributed by atoms with E-state index >= 15 is 0 Å². The minimum atomic E-state index is -1.24. The van der Waals surface area contributed by atoms with Crippen molar-refractivity contribution < 1.29 is 29.4 Å². The third-order valence-electron chi connectivity index (χ3n) is 5.74. The normalized spacial score (nSPS) is 16.2. The van der Waals surface area contributed by atoms with E-state index in [4.69, 9.17) is 16.9 Å². The molecule has 13 nitrogen and oxygen atoms in total. The minimum absolute atomic E-state index is 0.0947. The number of hydrogen-bond acceptors (Lipinski definition) is 8. The van der Waals surface area contributed by atoms with Gasteiger partial charge in [0.15, 0.2) is 5.96 Å². The van der Waals surface area contributed by atoms with Gasteiger partial charge in [-0.15, -0.1) is 11.3 Å². The molecule has 0 aromatic carbocycles. The van der Waals surface area contributed by atoms with Gasteiger partial charge in [-0.05, 0) is 32.4 Å². The Kier molecular flexibility index (Phi) is 11.0. The maximum absolute atomic E-state index is 12.9. The number of nitrogens with one attached hydrogen (secondary N) is 4. The van der Waals surface area contributed by atoms with Gasteiger partial charge >= 0.3 is 5.97 Å². The average molecular weight is 538 g/mol. The van der Waals surface area contributed by atoms with Crippen LogP contribution in [0.5, 0.6) is 0 Å². The molecule has 4 atom stereocenters. The summed E-state index contributed by atoms with van der Waals surface area (Å²) < 4.78 is 0. The van der Waals surface area contributed by atoms with Crippen LogP contribution >= 0.6 is 11.3 Å². The molecule has 1 aliphatic heterocycles. The van der Waals surface area contributed by atoms with Gasteiger partial charge in [-0.3, -0.25) is 19.8 Å². The van der Waals surface area contributed by atoms with Crippen molar-refractivity contribution in [3.63, 3.8) is 0 Å². The average Bonchev–Trinajstić information content (AvgIpc) is 3.46. The zero-order valence-electron chi connectivity index (χ0n) is 20.8. The van der Waals surface area contributed by atoms with E-state index in [2.05, 4.69) is 16.0 Å². The molecule has 0 aliphatic carbocycles. The van der Waals surface area contributed by atoms with Gasteiger partial charge in [0, 0.05) is 42.2 Å². The molecule has 4 unspecified atom stereocenters. The van der Waals surface area contributed by atoms with E-state index in [-0.39, 0.29) is 31.8 Å². The van der Waals surface area contributed by atoms with Gasteiger partial charge in [0.2, 0.25) is 17.7 Å². The fourth-order valence-corrected chi connectivity index (χ4v) is 4.52. The summed E-state index contributed by atoms with van der Waals surface area (Å²) in [7, 11) is 0. The number of aliphatic carboxylic acids is 1. The molecular weight excluding hydrogens is 502 g/mol. The van der Waals surface area contributed by atoms with Gasteiger partial charge in [-0.1, -0.05) is 11.6 Å². The van der Waals surface area contributed by atoms with Gasteiger partial charge in [-0.25, -0.2) is 4.79 Å². The second kappa shape index (κ2) is 13.7. The van der Waals surface area contributed by atoms with Gasteiger partial charge < -0.3 is 42.5 Å². The largest absolute Gasteiger partial charge is 0.480 e. The van der Waals surface area contributed by atoms with E-state index in [1.165, 1.54) is 18.3 Å². The Morgan fingerprint density at radius 3 is 2.41 bits per heavy atom. The number of aliphatic hydroxyl groups excluding tert-OH is 1. The number of rotatable bonds is 13. The second-order valence-corrected chi connectivity index (χ2v) is 10.2. The summed E-state index contributed by atoms with van der Waals surface area (Å²) in [6, 6.07) is 0.294. The number of carboxylic acid groups (broad SMARTS) is 1. The van der Waals surface area contributed by atoms with Gasteiger partial charge in [-0.2, -0.15) is 0 Å². The molecule has 10 N–H and O–H groups in total. The molecule has 2 heterocycles. The van der Waals surface area contributed by atoms with Crippen molar-refractivity contribution in [1.29, 1.82) is 5.41 Å². The fourth-order valence-electron chi connectivity index (χ4n) is 3.59. The summed E-state index contributed by atoms with van der Waals surface area (Å²) in [5, 5.41) is 34.2. The summed E-state index contributed by atoms with van der Waals surface area (Å²) in [6.07, 6.45) is 0.758. The minimum Gasteiger partial charge on any atom is -0.480 e. The summed E-state index contributed by atoms with van der Waals surface area (Å²) in [5.41, 5.74) is 12.0. The molecule has 1 aromatic rings. The van der Waals surface area contributed by atoms with Crippen LogP contribution in [0.15, 0.2) is 23.8 Å². The van der Waals surface area contributed by atoms with E-state index in [9.17, 15) is 29.4 Å². The summed E-state index contributed by atoms with van der Waals surface area (Å²) >= 11 is 1.45. The smallest absolute Gasteiger partial charge is 0.326 e. The molecule has 1 aromatic heterocycles. The lowest BCUT2D eigenvalue weighted by Crippen LogP contribution is -2.54. The van der Waals surface area contributed by atoms with Crippen molar-refractivity contribution in [2.24, 2.45) is 11.5 Å². The zero-order chi connectivity index (χ0) is 27.7. The Balaban J connectivity index is 1.93. The molecule has 204 valence electrons. The van der Waals surface area contributed by atoms with Crippen molar-refractivity contribution >= 4 is 41.0 Å². The van der Waals surface area contributed by atoms with Gasteiger partial charge in [0.1, 0.15) is 18.1 Å². The maximum atomic E-state index is 12.9. The van der Waals surface area contributed by atoms with Crippen LogP contribution in [0.3, 0.4) is 0 Å². The molecule has 1 aliphatic rings. The standard InChI is InChI=1S/C23H35N7O6S/c1-12-3-4-15(37-12)10-17(22(35)36)28-18(32)5-7-27-20(33)16(29-21(34)19(24)13(2)31)9-14-6-8-30(11-14)23(25)26/h3-4,6,13,16-17,19,31H,5,7-11,24H2,1-2H3,(H3,25,26)(H,27,33)(H,28,32)(H,29,34)(H,35,36). The molecule has 14 heteroatoms. The summed E-state index contributed by atoms with van der Waals surface area (Å²) in [6.45, 7) is 3.88. The molecule has 0 fully saturated rings. The van der Waals surface area contributed by atoms with Crippen molar-refractivity contribution in [3.8, 4) is 0 Å². The molecular formula is C23H35N7O6S. The predicted molar refractivity (Wildman–Crippen MR) is 138 cm³/mol. The van der Waals surface area contributed by atoms with Gasteiger partial charge in [0.25, 0.3) is 0 Å². The first-order chi connectivity index (χ1) is 17.4. The SMILES string of the molecule is Cc1ccc(CC(NC(=O)CCNC(=O)C(CC2=CCN(C(=N)N)C2)NC(=O)C(N)C(C)O)C(=O)O)s1. The highest BCUT2D eigenvalue weighted by Crippen LogP contribution is 2.17. The third-order valence-corrected chi connectivity index (χ3v) is 6.77. The second-order valence-electron chi connectivity index (χ2n) is 8.88. The molecule has 3 amide bonds. The van der Waals surface area contributed by atoms with Crippen LogP contribution in [0, 0.1) is 12.3 Å². The van der Waals surface area contributed by atoms with Crippen molar-refractivity contribution in [2.75, 3.05) is 19.6 Å². The monoisotopic (exact) mass is 537 g/mol. The van der Waals surface area contributed by atoms with Crippen molar-refractivity contribution in [2.45, 2.75) is 57.3 Å². The zero-order valence-corrected chi connectivity index (χ0v) is 21.6. The number of amides is 3. The highest BCUT2D eigenvalue weighted by Gasteiger charge is 2.28. The number of aliphatic hydroxyl groups is 1. The highest BCUT2D eigenvalue weighted by molar-refractivity contribution is 7.11. The number of carbonyl (C=O) groups is 4. The number of nitrogens with two attached hydrogens (primary N) is 2. The van der Waals surface area contributed by atoms with Crippen LogP contribution in [0.1, 0.15) is 29.5 Å². The Bertz CT molecular complexity index is 1040. The lowest BCUT2D eigenvalue weighted by Gasteiger charge is -2.23. The van der Waals surface area contributed by atoms with Crippen molar-refractivity contribution in [1.82, 2.24) is 20.9 Å². The van der Waals surface area contributed by atoms with E-state index in [0.29, 0.717) is 13.1 Å².